The first-order valence-corrected chi connectivity index (χ1v) is 8.41. The number of hydrogen-bond acceptors (Lipinski definition) is 2. The van der Waals surface area contributed by atoms with Gasteiger partial charge in [0.15, 0.2) is 0 Å². The Morgan fingerprint density at radius 1 is 0.895 bits per heavy atom. The van der Waals surface area contributed by atoms with Crippen LogP contribution in [-0.4, -0.2) is 36.1 Å². The quantitative estimate of drug-likeness (QED) is 0.753. The van der Waals surface area contributed by atoms with Gasteiger partial charge in [-0.05, 0) is 65.2 Å². The van der Waals surface area contributed by atoms with Crippen molar-refractivity contribution >= 4 is 0 Å². The second-order valence-electron chi connectivity index (χ2n) is 7.24. The van der Waals surface area contributed by atoms with Gasteiger partial charge in [0.2, 0.25) is 0 Å². The molecule has 19 heavy (non-hydrogen) atoms. The molecule has 0 heterocycles. The molecular weight excluding hydrogens is 232 g/mol. The molecular formula is C17H36N2. The van der Waals surface area contributed by atoms with E-state index in [0.717, 1.165) is 24.4 Å². The van der Waals surface area contributed by atoms with Crippen LogP contribution in [0.4, 0.5) is 0 Å². The first-order chi connectivity index (χ1) is 8.91. The van der Waals surface area contributed by atoms with Crippen molar-refractivity contribution < 1.29 is 0 Å². The van der Waals surface area contributed by atoms with Crippen molar-refractivity contribution in [3.05, 3.63) is 0 Å². The lowest BCUT2D eigenvalue weighted by Gasteiger charge is -2.34. The average molecular weight is 268 g/mol. The standard InChI is InChI=1S/C17H36N2/c1-13(2)16-7-9-17(10-8-16)18-11-12-19(14(3)4)15(5)6/h13-18H,7-12H2,1-6H3. The van der Waals surface area contributed by atoms with E-state index >= 15 is 0 Å². The molecule has 0 amide bonds. The third-order valence-corrected chi connectivity index (χ3v) is 4.84. The number of nitrogens with one attached hydrogen (secondary N) is 1. The van der Waals surface area contributed by atoms with Crippen molar-refractivity contribution in [2.75, 3.05) is 13.1 Å². The molecule has 0 saturated heterocycles. The molecule has 0 aromatic carbocycles. The minimum atomic E-state index is 0.651. The highest BCUT2D eigenvalue weighted by Gasteiger charge is 2.23. The summed E-state index contributed by atoms with van der Waals surface area (Å²) in [6.07, 6.45) is 5.61. The van der Waals surface area contributed by atoms with Gasteiger partial charge in [-0.1, -0.05) is 13.8 Å². The van der Waals surface area contributed by atoms with Gasteiger partial charge in [0, 0.05) is 31.2 Å². The summed E-state index contributed by atoms with van der Waals surface area (Å²) in [6.45, 7) is 16.3. The molecule has 2 nitrogen and oxygen atoms in total. The molecule has 0 unspecified atom stereocenters. The molecule has 2 heteroatoms. The van der Waals surface area contributed by atoms with E-state index in [1.54, 1.807) is 0 Å². The molecule has 1 saturated carbocycles. The molecule has 0 spiro atoms. The van der Waals surface area contributed by atoms with E-state index in [9.17, 15) is 0 Å². The van der Waals surface area contributed by atoms with Crippen LogP contribution in [0, 0.1) is 11.8 Å². The number of rotatable bonds is 7. The zero-order valence-corrected chi connectivity index (χ0v) is 14.1. The maximum atomic E-state index is 3.78. The molecule has 1 aliphatic carbocycles. The fourth-order valence-electron chi connectivity index (χ4n) is 3.50. The van der Waals surface area contributed by atoms with Crippen molar-refractivity contribution in [2.24, 2.45) is 11.8 Å². The smallest absolute Gasteiger partial charge is 0.0112 e. The molecule has 0 aromatic rings. The molecule has 0 aromatic heterocycles. The van der Waals surface area contributed by atoms with Crippen molar-refractivity contribution in [3.8, 4) is 0 Å². The van der Waals surface area contributed by atoms with Gasteiger partial charge in [-0.15, -0.1) is 0 Å². The Hall–Kier alpha value is -0.0800. The lowest BCUT2D eigenvalue weighted by molar-refractivity contribution is 0.168. The van der Waals surface area contributed by atoms with Crippen LogP contribution >= 0.6 is 0 Å². The van der Waals surface area contributed by atoms with E-state index in [-0.39, 0.29) is 0 Å². The zero-order valence-electron chi connectivity index (χ0n) is 14.1. The van der Waals surface area contributed by atoms with E-state index in [2.05, 4.69) is 51.8 Å². The van der Waals surface area contributed by atoms with Crippen LogP contribution in [0.15, 0.2) is 0 Å². The van der Waals surface area contributed by atoms with E-state index in [1.165, 1.54) is 32.2 Å². The number of hydrogen-bond donors (Lipinski definition) is 1. The van der Waals surface area contributed by atoms with Gasteiger partial charge in [-0.2, -0.15) is 0 Å². The Bertz CT molecular complexity index is 219. The summed E-state index contributed by atoms with van der Waals surface area (Å²) in [7, 11) is 0. The fourth-order valence-corrected chi connectivity index (χ4v) is 3.50. The van der Waals surface area contributed by atoms with Crippen LogP contribution in [0.5, 0.6) is 0 Å². The van der Waals surface area contributed by atoms with Crippen LogP contribution in [0.3, 0.4) is 0 Å². The Morgan fingerprint density at radius 3 is 1.84 bits per heavy atom. The highest BCUT2D eigenvalue weighted by atomic mass is 15.2. The van der Waals surface area contributed by atoms with Crippen LogP contribution < -0.4 is 5.32 Å². The first kappa shape index (κ1) is 17.0. The predicted octanol–water partition coefficient (Wildman–Crippen LogP) is 3.91. The van der Waals surface area contributed by atoms with E-state index in [4.69, 9.17) is 0 Å². The Morgan fingerprint density at radius 2 is 1.42 bits per heavy atom. The number of nitrogens with zero attached hydrogens (tertiary/aromatic N) is 1. The molecule has 0 radical (unpaired) electrons. The average Bonchev–Trinajstić information content (AvgIpc) is 2.34. The van der Waals surface area contributed by atoms with Crippen molar-refractivity contribution in [1.82, 2.24) is 10.2 Å². The predicted molar refractivity (Wildman–Crippen MR) is 85.6 cm³/mol. The molecule has 1 aliphatic rings. The molecule has 0 aliphatic heterocycles. The Balaban J connectivity index is 2.20. The minimum Gasteiger partial charge on any atom is -0.313 e. The van der Waals surface area contributed by atoms with Gasteiger partial charge >= 0.3 is 0 Å². The van der Waals surface area contributed by atoms with E-state index in [1.807, 2.05) is 0 Å². The summed E-state index contributed by atoms with van der Waals surface area (Å²) in [5, 5.41) is 3.78. The molecule has 0 bridgehead atoms. The second-order valence-corrected chi connectivity index (χ2v) is 7.24. The van der Waals surface area contributed by atoms with Crippen LogP contribution in [0.25, 0.3) is 0 Å². The molecule has 114 valence electrons. The van der Waals surface area contributed by atoms with Gasteiger partial charge in [0.1, 0.15) is 0 Å². The maximum absolute atomic E-state index is 3.78. The van der Waals surface area contributed by atoms with Gasteiger partial charge in [-0.3, -0.25) is 4.90 Å². The summed E-state index contributed by atoms with van der Waals surface area (Å²) < 4.78 is 0. The highest BCUT2D eigenvalue weighted by Crippen LogP contribution is 2.29. The Kier molecular flexibility index (Phi) is 7.38. The van der Waals surface area contributed by atoms with Gasteiger partial charge in [0.25, 0.3) is 0 Å². The van der Waals surface area contributed by atoms with Crippen LogP contribution in [0.2, 0.25) is 0 Å². The van der Waals surface area contributed by atoms with Crippen LogP contribution in [-0.2, 0) is 0 Å². The van der Waals surface area contributed by atoms with Crippen molar-refractivity contribution in [1.29, 1.82) is 0 Å². The summed E-state index contributed by atoms with van der Waals surface area (Å²) in [6, 6.07) is 2.08. The summed E-state index contributed by atoms with van der Waals surface area (Å²) in [4.78, 5) is 2.58. The van der Waals surface area contributed by atoms with Crippen molar-refractivity contribution in [2.45, 2.75) is 85.4 Å². The highest BCUT2D eigenvalue weighted by molar-refractivity contribution is 4.79. The van der Waals surface area contributed by atoms with Crippen molar-refractivity contribution in [3.63, 3.8) is 0 Å². The fraction of sp³-hybridized carbons (Fsp3) is 1.00. The van der Waals surface area contributed by atoms with E-state index < -0.39 is 0 Å². The topological polar surface area (TPSA) is 15.3 Å². The van der Waals surface area contributed by atoms with Gasteiger partial charge < -0.3 is 5.32 Å². The normalized spacial score (nSPS) is 24.9. The maximum Gasteiger partial charge on any atom is 0.0112 e. The summed E-state index contributed by atoms with van der Waals surface area (Å²) >= 11 is 0. The zero-order chi connectivity index (χ0) is 14.4. The van der Waals surface area contributed by atoms with E-state index in [0.29, 0.717) is 12.1 Å². The Labute approximate surface area is 121 Å². The van der Waals surface area contributed by atoms with Gasteiger partial charge in [0.05, 0.1) is 0 Å². The lowest BCUT2D eigenvalue weighted by atomic mass is 9.80. The summed E-state index contributed by atoms with van der Waals surface area (Å²) in [5.74, 6) is 1.85. The first-order valence-electron chi connectivity index (χ1n) is 8.41. The second kappa shape index (κ2) is 8.26. The largest absolute Gasteiger partial charge is 0.313 e. The molecule has 1 fully saturated rings. The molecule has 0 atom stereocenters. The monoisotopic (exact) mass is 268 g/mol. The van der Waals surface area contributed by atoms with Gasteiger partial charge in [-0.25, -0.2) is 0 Å². The molecule has 1 rings (SSSR count). The molecule has 1 N–H and O–H groups in total. The van der Waals surface area contributed by atoms with Crippen LogP contribution in [0.1, 0.15) is 67.2 Å². The SMILES string of the molecule is CC(C)C1CCC(NCCN(C(C)C)C(C)C)CC1. The third kappa shape index (κ3) is 5.83. The third-order valence-electron chi connectivity index (χ3n) is 4.84. The lowest BCUT2D eigenvalue weighted by Crippen LogP contribution is -2.44. The minimum absolute atomic E-state index is 0.651. The summed E-state index contributed by atoms with van der Waals surface area (Å²) in [5.41, 5.74) is 0.